The molecule has 0 radical (unpaired) electrons. The standard InChI is InChI=1S/C24H23F3N8O/c1-14(15-2-5-30-17(8-15)11-28)32-22(36)34-6-3-23(13-34)4-7-35-20(23)10-19(33-35)16-9-18(24(25,26)27)21(29)31-12-16/h2,5,8-10,12,14H,3-4,6-7,13H2,1H3,(H2,29,31)(H,32,36)/t14-,23?/m1/s1. The number of nitrogen functional groups attached to an aromatic ring is 1. The van der Waals surface area contributed by atoms with E-state index in [1.807, 2.05) is 17.7 Å². The summed E-state index contributed by atoms with van der Waals surface area (Å²) in [5.41, 5.74) is 6.72. The molecule has 1 unspecified atom stereocenters. The van der Waals surface area contributed by atoms with E-state index in [1.165, 1.54) is 12.4 Å². The Hall–Kier alpha value is -4.14. The van der Waals surface area contributed by atoms with Crippen LogP contribution in [0.15, 0.2) is 36.7 Å². The largest absolute Gasteiger partial charge is 0.419 e. The van der Waals surface area contributed by atoms with Crippen LogP contribution in [0.5, 0.6) is 0 Å². The third kappa shape index (κ3) is 4.10. The average molecular weight is 496 g/mol. The molecule has 3 aromatic heterocycles. The molecule has 12 heteroatoms. The quantitative estimate of drug-likeness (QED) is 0.570. The highest BCUT2D eigenvalue weighted by Gasteiger charge is 2.47. The number of nitrogens with one attached hydrogen (secondary N) is 1. The Labute approximate surface area is 204 Å². The van der Waals surface area contributed by atoms with Crippen LogP contribution in [-0.2, 0) is 18.1 Å². The monoisotopic (exact) mass is 496 g/mol. The molecule has 0 aromatic carbocycles. The van der Waals surface area contributed by atoms with Gasteiger partial charge in [0.05, 0.1) is 17.3 Å². The van der Waals surface area contributed by atoms with Crippen molar-refractivity contribution in [1.82, 2.24) is 30.0 Å². The van der Waals surface area contributed by atoms with Gasteiger partial charge in [-0.1, -0.05) is 0 Å². The Bertz CT molecular complexity index is 1380. The predicted octanol–water partition coefficient (Wildman–Crippen LogP) is 3.63. The minimum absolute atomic E-state index is 0.217. The van der Waals surface area contributed by atoms with Gasteiger partial charge in [0.2, 0.25) is 0 Å². The minimum atomic E-state index is -4.61. The van der Waals surface area contributed by atoms with Gasteiger partial charge in [0.25, 0.3) is 0 Å². The number of halogens is 3. The SMILES string of the molecule is C[C@@H](NC(=O)N1CCC2(CCn3nc(-c4cnc(N)c(C(F)(F)F)c4)cc32)C1)c1ccnc(C#N)c1. The Kier molecular flexibility index (Phi) is 5.58. The number of urea groups is 1. The maximum Gasteiger partial charge on any atom is 0.419 e. The molecule has 5 heterocycles. The summed E-state index contributed by atoms with van der Waals surface area (Å²) in [6, 6.07) is 7.63. The van der Waals surface area contributed by atoms with Crippen LogP contribution in [-0.4, -0.2) is 43.8 Å². The molecular formula is C24H23F3N8O. The Morgan fingerprint density at radius 3 is 2.78 bits per heavy atom. The van der Waals surface area contributed by atoms with Crippen molar-refractivity contribution in [1.29, 1.82) is 5.26 Å². The number of hydrogen-bond donors (Lipinski definition) is 2. The maximum absolute atomic E-state index is 13.3. The summed E-state index contributed by atoms with van der Waals surface area (Å²) in [4.78, 5) is 22.4. The molecule has 1 fully saturated rings. The van der Waals surface area contributed by atoms with Crippen LogP contribution in [0.1, 0.15) is 48.3 Å². The number of pyridine rings is 2. The molecule has 1 saturated heterocycles. The number of aromatic nitrogens is 4. The Morgan fingerprint density at radius 2 is 2.03 bits per heavy atom. The van der Waals surface area contributed by atoms with Crippen molar-refractivity contribution >= 4 is 11.8 Å². The molecule has 2 amide bonds. The van der Waals surface area contributed by atoms with Crippen molar-refractivity contribution in [3.05, 3.63) is 59.2 Å². The van der Waals surface area contributed by atoms with Crippen LogP contribution in [0.25, 0.3) is 11.3 Å². The number of nitrogens with two attached hydrogens (primary N) is 1. The van der Waals surface area contributed by atoms with E-state index < -0.39 is 17.6 Å². The maximum atomic E-state index is 13.3. The first-order valence-electron chi connectivity index (χ1n) is 11.4. The van der Waals surface area contributed by atoms with E-state index in [0.717, 1.165) is 30.2 Å². The molecule has 36 heavy (non-hydrogen) atoms. The molecule has 2 atom stereocenters. The van der Waals surface area contributed by atoms with Gasteiger partial charge in [0.1, 0.15) is 17.6 Å². The first-order chi connectivity index (χ1) is 17.1. The molecule has 0 aliphatic carbocycles. The van der Waals surface area contributed by atoms with Crippen LogP contribution >= 0.6 is 0 Å². The van der Waals surface area contributed by atoms with Crippen molar-refractivity contribution in [3.63, 3.8) is 0 Å². The van der Waals surface area contributed by atoms with E-state index in [9.17, 15) is 18.0 Å². The molecular weight excluding hydrogens is 473 g/mol. The molecule has 3 N–H and O–H groups in total. The average Bonchev–Trinajstić information content (AvgIpc) is 3.55. The molecule has 0 saturated carbocycles. The summed E-state index contributed by atoms with van der Waals surface area (Å²) in [6.45, 7) is 3.47. The topological polar surface area (TPSA) is 126 Å². The normalized spacial score (nSPS) is 19.8. The zero-order chi connectivity index (χ0) is 25.7. The van der Waals surface area contributed by atoms with Crippen LogP contribution in [0.4, 0.5) is 23.8 Å². The van der Waals surface area contributed by atoms with E-state index in [1.54, 1.807) is 23.1 Å². The number of rotatable bonds is 3. The predicted molar refractivity (Wildman–Crippen MR) is 123 cm³/mol. The number of amides is 2. The molecule has 5 rings (SSSR count). The fourth-order valence-corrected chi connectivity index (χ4v) is 5.04. The summed E-state index contributed by atoms with van der Waals surface area (Å²) < 4.78 is 41.7. The number of carbonyl (C=O) groups is 1. The van der Waals surface area contributed by atoms with Gasteiger partial charge in [-0.15, -0.1) is 0 Å². The van der Waals surface area contributed by atoms with Crippen LogP contribution in [0, 0.1) is 11.3 Å². The second kappa shape index (κ2) is 8.51. The van der Waals surface area contributed by atoms with Crippen LogP contribution in [0.2, 0.25) is 0 Å². The van der Waals surface area contributed by atoms with Crippen molar-refractivity contribution in [3.8, 4) is 17.3 Å². The number of carbonyl (C=O) groups excluding carboxylic acids is 1. The fourth-order valence-electron chi connectivity index (χ4n) is 5.04. The first-order valence-corrected chi connectivity index (χ1v) is 11.4. The van der Waals surface area contributed by atoms with Gasteiger partial charge in [0.15, 0.2) is 0 Å². The number of anilines is 1. The lowest BCUT2D eigenvalue weighted by atomic mass is 9.82. The lowest BCUT2D eigenvalue weighted by Gasteiger charge is -2.25. The smallest absolute Gasteiger partial charge is 0.383 e. The van der Waals surface area contributed by atoms with Gasteiger partial charge in [-0.3, -0.25) is 4.68 Å². The first kappa shape index (κ1) is 23.6. The number of likely N-dealkylation sites (tertiary alicyclic amines) is 1. The third-order valence-electron chi connectivity index (χ3n) is 7.02. The second-order valence-corrected chi connectivity index (χ2v) is 9.25. The van der Waals surface area contributed by atoms with Crippen LogP contribution in [0.3, 0.4) is 0 Å². The number of aryl methyl sites for hydroxylation is 1. The molecule has 0 bridgehead atoms. The fraction of sp³-hybridized carbons (Fsp3) is 0.375. The Balaban J connectivity index is 1.33. The van der Waals surface area contributed by atoms with E-state index >= 15 is 0 Å². The lowest BCUT2D eigenvalue weighted by molar-refractivity contribution is -0.137. The van der Waals surface area contributed by atoms with Crippen molar-refractivity contribution < 1.29 is 18.0 Å². The third-order valence-corrected chi connectivity index (χ3v) is 7.02. The van der Waals surface area contributed by atoms with Crippen molar-refractivity contribution in [2.45, 2.75) is 43.9 Å². The lowest BCUT2D eigenvalue weighted by Crippen LogP contribution is -2.41. The van der Waals surface area contributed by atoms with Gasteiger partial charge in [-0.25, -0.2) is 14.8 Å². The van der Waals surface area contributed by atoms with E-state index in [4.69, 9.17) is 11.0 Å². The minimum Gasteiger partial charge on any atom is -0.383 e. The molecule has 2 aliphatic rings. The number of nitriles is 1. The summed E-state index contributed by atoms with van der Waals surface area (Å²) in [5, 5.41) is 16.6. The zero-order valence-electron chi connectivity index (χ0n) is 19.4. The second-order valence-electron chi connectivity index (χ2n) is 9.25. The summed E-state index contributed by atoms with van der Waals surface area (Å²) >= 11 is 0. The van der Waals surface area contributed by atoms with E-state index in [0.29, 0.717) is 25.3 Å². The van der Waals surface area contributed by atoms with E-state index in [-0.39, 0.29) is 28.7 Å². The molecule has 186 valence electrons. The van der Waals surface area contributed by atoms with Crippen molar-refractivity contribution in [2.24, 2.45) is 0 Å². The van der Waals surface area contributed by atoms with Gasteiger partial charge in [0, 0.05) is 48.7 Å². The highest BCUT2D eigenvalue weighted by molar-refractivity contribution is 5.75. The highest BCUT2D eigenvalue weighted by atomic mass is 19.4. The number of nitrogens with zero attached hydrogens (tertiary/aromatic N) is 6. The van der Waals surface area contributed by atoms with Crippen LogP contribution < -0.4 is 11.1 Å². The zero-order valence-corrected chi connectivity index (χ0v) is 19.4. The number of hydrogen-bond acceptors (Lipinski definition) is 6. The van der Waals surface area contributed by atoms with Crippen molar-refractivity contribution in [2.75, 3.05) is 18.8 Å². The van der Waals surface area contributed by atoms with Gasteiger partial charge in [-0.2, -0.15) is 23.5 Å². The summed E-state index contributed by atoms with van der Waals surface area (Å²) in [6.07, 6.45) is -0.269. The van der Waals surface area contributed by atoms with E-state index in [2.05, 4.69) is 20.4 Å². The molecule has 3 aromatic rings. The van der Waals surface area contributed by atoms with Gasteiger partial charge in [-0.05, 0) is 49.6 Å². The highest BCUT2D eigenvalue weighted by Crippen LogP contribution is 2.44. The summed E-state index contributed by atoms with van der Waals surface area (Å²) in [7, 11) is 0. The van der Waals surface area contributed by atoms with Gasteiger partial charge >= 0.3 is 12.2 Å². The number of fused-ring (bicyclic) bond motifs is 2. The molecule has 1 spiro atoms. The number of alkyl halides is 3. The summed E-state index contributed by atoms with van der Waals surface area (Å²) in [5.74, 6) is -0.572. The molecule has 9 nitrogen and oxygen atoms in total. The molecule has 2 aliphatic heterocycles. The van der Waals surface area contributed by atoms with Gasteiger partial charge < -0.3 is 16.0 Å². The Morgan fingerprint density at radius 1 is 1.25 bits per heavy atom.